The van der Waals surface area contributed by atoms with Crippen molar-refractivity contribution in [2.24, 2.45) is 0 Å². The van der Waals surface area contributed by atoms with E-state index in [-0.39, 0.29) is 5.91 Å². The molecule has 1 unspecified atom stereocenters. The molecule has 1 amide bonds. The Morgan fingerprint density at radius 1 is 1.00 bits per heavy atom. The molecule has 2 rings (SSSR count). The van der Waals surface area contributed by atoms with E-state index in [1.807, 2.05) is 70.3 Å². The van der Waals surface area contributed by atoms with Gasteiger partial charge in [-0.25, -0.2) is 0 Å². The number of aryl methyl sites for hydroxylation is 2. The summed E-state index contributed by atoms with van der Waals surface area (Å²) in [5.74, 6) is 1.66. The van der Waals surface area contributed by atoms with Gasteiger partial charge >= 0.3 is 0 Å². The number of amides is 1. The van der Waals surface area contributed by atoms with E-state index in [1.54, 1.807) is 0 Å². The van der Waals surface area contributed by atoms with Gasteiger partial charge in [-0.1, -0.05) is 18.2 Å². The molecule has 5 nitrogen and oxygen atoms in total. The molecule has 0 heterocycles. The summed E-state index contributed by atoms with van der Waals surface area (Å²) in [7, 11) is 1.99. The van der Waals surface area contributed by atoms with E-state index in [9.17, 15) is 4.79 Å². The van der Waals surface area contributed by atoms with E-state index >= 15 is 0 Å². The molecule has 0 fully saturated rings. The zero-order chi connectivity index (χ0) is 18.9. The number of carbonyl (C=O) groups excluding carboxylic acids is 1. The van der Waals surface area contributed by atoms with Crippen LogP contribution in [0.4, 0.5) is 5.69 Å². The first-order chi connectivity index (χ1) is 12.5. The fraction of sp³-hybridized carbons (Fsp3) is 0.381. The fourth-order valence-corrected chi connectivity index (χ4v) is 2.70. The van der Waals surface area contributed by atoms with Crippen molar-refractivity contribution in [3.05, 3.63) is 53.6 Å². The number of hydrogen-bond donors (Lipinski definition) is 2. The Kier molecular flexibility index (Phi) is 7.48. The molecule has 2 aromatic rings. The Balaban J connectivity index is 1.74. The number of nitrogens with one attached hydrogen (secondary N) is 2. The Bertz CT molecular complexity index is 693. The standard InChI is InChI=1S/C21H28N2O3/c1-5-25-18-9-11-19(12-10-18)26-14-13-23(4)15-20(24)22-21-16(2)7-6-8-17(21)3/h6-12H,5,13-15H2,1-4H3,(H,22,24)/p+1. The summed E-state index contributed by atoms with van der Waals surface area (Å²) in [4.78, 5) is 13.4. The Morgan fingerprint density at radius 3 is 2.15 bits per heavy atom. The lowest BCUT2D eigenvalue weighted by molar-refractivity contribution is -0.871. The second kappa shape index (κ2) is 9.82. The van der Waals surface area contributed by atoms with E-state index in [1.165, 1.54) is 0 Å². The van der Waals surface area contributed by atoms with Crippen LogP contribution in [0.25, 0.3) is 0 Å². The molecule has 0 saturated carbocycles. The fourth-order valence-electron chi connectivity index (χ4n) is 2.70. The minimum atomic E-state index is 0.0148. The van der Waals surface area contributed by atoms with Crippen molar-refractivity contribution in [3.63, 3.8) is 0 Å². The highest BCUT2D eigenvalue weighted by Crippen LogP contribution is 2.19. The summed E-state index contributed by atoms with van der Waals surface area (Å²) >= 11 is 0. The van der Waals surface area contributed by atoms with E-state index in [0.717, 1.165) is 39.8 Å². The third-order valence-corrected chi connectivity index (χ3v) is 4.14. The number of ether oxygens (including phenoxy) is 2. The summed E-state index contributed by atoms with van der Waals surface area (Å²) in [5.41, 5.74) is 3.07. The lowest BCUT2D eigenvalue weighted by Gasteiger charge is -2.16. The van der Waals surface area contributed by atoms with Gasteiger partial charge in [0.2, 0.25) is 0 Å². The molecular weight excluding hydrogens is 328 g/mol. The van der Waals surface area contributed by atoms with Crippen molar-refractivity contribution in [1.29, 1.82) is 0 Å². The average Bonchev–Trinajstić information content (AvgIpc) is 2.60. The Hall–Kier alpha value is -2.53. The van der Waals surface area contributed by atoms with Crippen molar-refractivity contribution in [2.75, 3.05) is 38.7 Å². The second-order valence-corrected chi connectivity index (χ2v) is 6.45. The first-order valence-electron chi connectivity index (χ1n) is 9.02. The molecule has 5 heteroatoms. The van der Waals surface area contributed by atoms with Gasteiger partial charge in [0.1, 0.15) is 24.7 Å². The van der Waals surface area contributed by atoms with Gasteiger partial charge in [0.05, 0.1) is 13.7 Å². The minimum Gasteiger partial charge on any atom is -0.494 e. The second-order valence-electron chi connectivity index (χ2n) is 6.45. The highest BCUT2D eigenvalue weighted by Gasteiger charge is 2.12. The van der Waals surface area contributed by atoms with Crippen LogP contribution in [-0.4, -0.2) is 39.3 Å². The van der Waals surface area contributed by atoms with E-state index < -0.39 is 0 Å². The first kappa shape index (κ1) is 19.8. The summed E-state index contributed by atoms with van der Waals surface area (Å²) in [6, 6.07) is 13.6. The van der Waals surface area contributed by atoms with Crippen LogP contribution < -0.4 is 19.7 Å². The molecule has 0 bridgehead atoms. The van der Waals surface area contributed by atoms with Gasteiger partial charge in [-0.3, -0.25) is 4.79 Å². The summed E-state index contributed by atoms with van der Waals surface area (Å²) in [6.07, 6.45) is 0. The monoisotopic (exact) mass is 357 g/mol. The molecule has 1 atom stereocenters. The average molecular weight is 357 g/mol. The predicted molar refractivity (Wildman–Crippen MR) is 104 cm³/mol. The number of quaternary nitrogens is 1. The van der Waals surface area contributed by atoms with Crippen molar-refractivity contribution in [3.8, 4) is 11.5 Å². The zero-order valence-corrected chi connectivity index (χ0v) is 16.1. The SMILES string of the molecule is CCOc1ccc(OCC[NH+](C)CC(=O)Nc2c(C)cccc2C)cc1. The molecule has 2 N–H and O–H groups in total. The number of benzene rings is 2. The van der Waals surface area contributed by atoms with Crippen LogP contribution in [-0.2, 0) is 4.79 Å². The molecule has 0 aliphatic carbocycles. The van der Waals surface area contributed by atoms with Crippen LogP contribution >= 0.6 is 0 Å². The number of carbonyl (C=O) groups is 1. The van der Waals surface area contributed by atoms with Crippen LogP contribution in [0.15, 0.2) is 42.5 Å². The molecule has 0 radical (unpaired) electrons. The summed E-state index contributed by atoms with van der Waals surface area (Å²) in [5, 5.41) is 3.02. The molecule has 140 valence electrons. The number of anilines is 1. The summed E-state index contributed by atoms with van der Waals surface area (Å²) in [6.45, 7) is 8.32. The largest absolute Gasteiger partial charge is 0.494 e. The highest BCUT2D eigenvalue weighted by molar-refractivity contribution is 5.93. The van der Waals surface area contributed by atoms with E-state index in [2.05, 4.69) is 5.32 Å². The Morgan fingerprint density at radius 2 is 1.58 bits per heavy atom. The van der Waals surface area contributed by atoms with Crippen molar-refractivity contribution < 1.29 is 19.2 Å². The molecule has 2 aromatic carbocycles. The smallest absolute Gasteiger partial charge is 0.279 e. The van der Waals surface area contributed by atoms with E-state index in [0.29, 0.717) is 19.8 Å². The first-order valence-corrected chi connectivity index (χ1v) is 9.02. The third kappa shape index (κ3) is 6.08. The summed E-state index contributed by atoms with van der Waals surface area (Å²) < 4.78 is 11.1. The maximum Gasteiger partial charge on any atom is 0.279 e. The van der Waals surface area contributed by atoms with Crippen LogP contribution in [0.2, 0.25) is 0 Å². The van der Waals surface area contributed by atoms with Gasteiger partial charge in [0.15, 0.2) is 6.54 Å². The van der Waals surface area contributed by atoms with Gasteiger partial charge in [-0.15, -0.1) is 0 Å². The molecule has 0 saturated heterocycles. The van der Waals surface area contributed by atoms with Crippen LogP contribution in [0, 0.1) is 13.8 Å². The van der Waals surface area contributed by atoms with Crippen molar-refractivity contribution >= 4 is 11.6 Å². The van der Waals surface area contributed by atoms with Crippen LogP contribution in [0.3, 0.4) is 0 Å². The van der Waals surface area contributed by atoms with E-state index in [4.69, 9.17) is 9.47 Å². The van der Waals surface area contributed by atoms with Gasteiger partial charge in [0.25, 0.3) is 5.91 Å². The number of rotatable bonds is 9. The number of hydrogen-bond acceptors (Lipinski definition) is 3. The van der Waals surface area contributed by atoms with Gasteiger partial charge < -0.3 is 19.7 Å². The van der Waals surface area contributed by atoms with Gasteiger partial charge in [0, 0.05) is 5.69 Å². The quantitative estimate of drug-likeness (QED) is 0.724. The zero-order valence-electron chi connectivity index (χ0n) is 16.1. The van der Waals surface area contributed by atoms with Crippen LogP contribution in [0.1, 0.15) is 18.1 Å². The number of likely N-dealkylation sites (N-methyl/N-ethyl adjacent to an activating group) is 1. The lowest BCUT2D eigenvalue weighted by atomic mass is 10.1. The normalized spacial score (nSPS) is 11.7. The molecule has 0 aliphatic rings. The van der Waals surface area contributed by atoms with Crippen molar-refractivity contribution in [2.45, 2.75) is 20.8 Å². The maximum atomic E-state index is 12.3. The Labute approximate surface area is 155 Å². The molecule has 0 aromatic heterocycles. The predicted octanol–water partition coefficient (Wildman–Crippen LogP) is 2.23. The minimum absolute atomic E-state index is 0.0148. The number of para-hydroxylation sites is 1. The molecule has 0 aliphatic heterocycles. The molecule has 0 spiro atoms. The van der Waals surface area contributed by atoms with Crippen molar-refractivity contribution in [1.82, 2.24) is 0 Å². The van der Waals surface area contributed by atoms with Crippen LogP contribution in [0.5, 0.6) is 11.5 Å². The van der Waals surface area contributed by atoms with Gasteiger partial charge in [-0.05, 0) is 56.2 Å². The molecule has 26 heavy (non-hydrogen) atoms. The lowest BCUT2D eigenvalue weighted by Crippen LogP contribution is -3.10. The van der Waals surface area contributed by atoms with Gasteiger partial charge in [-0.2, -0.15) is 0 Å². The maximum absolute atomic E-state index is 12.3. The third-order valence-electron chi connectivity index (χ3n) is 4.14. The molecular formula is C21H29N2O3+. The highest BCUT2D eigenvalue weighted by atomic mass is 16.5. The topological polar surface area (TPSA) is 52.0 Å².